The van der Waals surface area contributed by atoms with Gasteiger partial charge in [-0.3, -0.25) is 14.2 Å². The number of nitrogens with one attached hydrogen (secondary N) is 1. The van der Waals surface area contributed by atoms with E-state index in [1.165, 1.54) is 11.8 Å². The molecule has 0 saturated carbocycles. The van der Waals surface area contributed by atoms with Gasteiger partial charge < -0.3 is 10.1 Å². The second kappa shape index (κ2) is 12.4. The van der Waals surface area contributed by atoms with E-state index in [4.69, 9.17) is 9.72 Å². The monoisotopic (exact) mass is 479 g/mol. The van der Waals surface area contributed by atoms with Crippen LogP contribution in [0.4, 0.5) is 5.69 Å². The fraction of sp³-hybridized carbons (Fsp3) is 0.370. The van der Waals surface area contributed by atoms with E-state index in [-0.39, 0.29) is 22.7 Å². The molecule has 0 radical (unpaired) electrons. The summed E-state index contributed by atoms with van der Waals surface area (Å²) in [5.74, 6) is 0.780. The molecule has 0 aliphatic rings. The summed E-state index contributed by atoms with van der Waals surface area (Å²) in [6.07, 6.45) is 0.680. The molecule has 0 unspecified atom stereocenters. The zero-order chi connectivity index (χ0) is 24.5. The van der Waals surface area contributed by atoms with E-state index >= 15 is 0 Å². The molecule has 1 N–H and O–H groups in total. The summed E-state index contributed by atoms with van der Waals surface area (Å²) in [5, 5.41) is 3.14. The van der Waals surface area contributed by atoms with Crippen LogP contribution >= 0.6 is 11.8 Å². The van der Waals surface area contributed by atoms with Crippen molar-refractivity contribution in [3.05, 3.63) is 76.8 Å². The first kappa shape index (κ1) is 25.6. The van der Waals surface area contributed by atoms with Crippen LogP contribution in [0, 0.1) is 5.92 Å². The van der Waals surface area contributed by atoms with Gasteiger partial charge in [-0.05, 0) is 37.1 Å². The van der Waals surface area contributed by atoms with Gasteiger partial charge in [0.2, 0.25) is 0 Å². The number of nitrogens with zero attached hydrogens (tertiary/aromatic N) is 2. The third kappa shape index (κ3) is 6.73. The standard InChI is InChI=1S/C27H33N3O3S/c1-5-24-29-23(20-10-8-7-9-11-20)18-25(31)30(24)17-16-28-21-12-14-22(15-13-21)34-26(19(3)4)27(32)33-6-2/h7-15,18-19,26,28H,5-6,16-17H2,1-4H3/t26-/m1/s1. The highest BCUT2D eigenvalue weighted by molar-refractivity contribution is 8.00. The molecule has 2 aromatic carbocycles. The molecule has 0 fully saturated rings. The summed E-state index contributed by atoms with van der Waals surface area (Å²) in [6, 6.07) is 19.4. The van der Waals surface area contributed by atoms with Gasteiger partial charge in [0.1, 0.15) is 11.1 Å². The number of ether oxygens (including phenoxy) is 1. The highest BCUT2D eigenvalue weighted by Crippen LogP contribution is 2.30. The van der Waals surface area contributed by atoms with Crippen molar-refractivity contribution in [3.8, 4) is 11.3 Å². The van der Waals surface area contributed by atoms with Crippen LogP contribution in [0.15, 0.2) is 70.4 Å². The first-order valence-electron chi connectivity index (χ1n) is 11.8. The fourth-order valence-electron chi connectivity index (χ4n) is 3.61. The maximum absolute atomic E-state index is 12.8. The molecule has 180 valence electrons. The van der Waals surface area contributed by atoms with Gasteiger partial charge in [0, 0.05) is 41.7 Å². The largest absolute Gasteiger partial charge is 0.465 e. The second-order valence-electron chi connectivity index (χ2n) is 8.25. The van der Waals surface area contributed by atoms with Gasteiger partial charge in [0.05, 0.1) is 12.3 Å². The molecule has 0 amide bonds. The highest BCUT2D eigenvalue weighted by Gasteiger charge is 2.24. The average Bonchev–Trinajstić information content (AvgIpc) is 2.84. The van der Waals surface area contributed by atoms with Crippen molar-refractivity contribution in [1.29, 1.82) is 0 Å². The zero-order valence-corrected chi connectivity index (χ0v) is 21.1. The number of aromatic nitrogens is 2. The van der Waals surface area contributed by atoms with Crippen molar-refractivity contribution in [3.63, 3.8) is 0 Å². The van der Waals surface area contributed by atoms with Crippen LogP contribution in [-0.4, -0.2) is 33.9 Å². The number of rotatable bonds is 11. The molecule has 1 heterocycles. The number of carbonyl (C=O) groups excluding carboxylic acids is 1. The Morgan fingerprint density at radius 1 is 1.09 bits per heavy atom. The van der Waals surface area contributed by atoms with E-state index in [2.05, 4.69) is 5.32 Å². The topological polar surface area (TPSA) is 73.2 Å². The summed E-state index contributed by atoms with van der Waals surface area (Å²) in [4.78, 5) is 30.8. The molecular formula is C27H33N3O3S. The van der Waals surface area contributed by atoms with Crippen LogP contribution < -0.4 is 10.9 Å². The van der Waals surface area contributed by atoms with Crippen LogP contribution in [0.25, 0.3) is 11.3 Å². The number of aryl methyl sites for hydroxylation is 1. The Kier molecular flexibility index (Phi) is 9.33. The zero-order valence-electron chi connectivity index (χ0n) is 20.3. The van der Waals surface area contributed by atoms with Gasteiger partial charge in [0.15, 0.2) is 0 Å². The minimum atomic E-state index is -0.232. The first-order valence-corrected chi connectivity index (χ1v) is 12.6. The van der Waals surface area contributed by atoms with E-state index in [0.29, 0.717) is 31.8 Å². The molecule has 0 spiro atoms. The summed E-state index contributed by atoms with van der Waals surface area (Å²) < 4.78 is 6.94. The van der Waals surface area contributed by atoms with Gasteiger partial charge in [-0.2, -0.15) is 0 Å². The maximum atomic E-state index is 12.8. The lowest BCUT2D eigenvalue weighted by Crippen LogP contribution is -2.27. The molecule has 3 aromatic rings. The molecule has 6 nitrogen and oxygen atoms in total. The maximum Gasteiger partial charge on any atom is 0.319 e. The van der Waals surface area contributed by atoms with E-state index in [0.717, 1.165) is 22.0 Å². The molecule has 0 aliphatic heterocycles. The third-order valence-electron chi connectivity index (χ3n) is 5.38. The Morgan fingerprint density at radius 2 is 1.79 bits per heavy atom. The molecule has 0 aliphatic carbocycles. The Morgan fingerprint density at radius 3 is 2.41 bits per heavy atom. The lowest BCUT2D eigenvalue weighted by molar-refractivity contribution is -0.143. The molecule has 34 heavy (non-hydrogen) atoms. The Labute approximate surface area is 205 Å². The normalized spacial score (nSPS) is 11.9. The summed E-state index contributed by atoms with van der Waals surface area (Å²) in [7, 11) is 0. The minimum Gasteiger partial charge on any atom is -0.465 e. The molecular weight excluding hydrogens is 446 g/mol. The van der Waals surface area contributed by atoms with E-state index in [1.54, 1.807) is 10.6 Å². The predicted octanol–water partition coefficient (Wildman–Crippen LogP) is 5.26. The van der Waals surface area contributed by atoms with E-state index in [9.17, 15) is 9.59 Å². The fourth-order valence-corrected chi connectivity index (χ4v) is 4.63. The summed E-state index contributed by atoms with van der Waals surface area (Å²) >= 11 is 1.52. The van der Waals surface area contributed by atoms with Gasteiger partial charge >= 0.3 is 5.97 Å². The van der Waals surface area contributed by atoms with Crippen molar-refractivity contribution in [2.24, 2.45) is 5.92 Å². The third-order valence-corrected chi connectivity index (χ3v) is 6.91. The van der Waals surface area contributed by atoms with E-state index in [1.807, 2.05) is 82.3 Å². The summed E-state index contributed by atoms with van der Waals surface area (Å²) in [5.41, 5.74) is 2.57. The number of hydrogen-bond acceptors (Lipinski definition) is 6. The molecule has 0 bridgehead atoms. The van der Waals surface area contributed by atoms with Crippen LogP contribution in [0.5, 0.6) is 0 Å². The number of anilines is 1. The average molecular weight is 480 g/mol. The number of carbonyl (C=O) groups is 1. The lowest BCUT2D eigenvalue weighted by atomic mass is 10.1. The molecule has 1 aromatic heterocycles. The summed E-state index contributed by atoms with van der Waals surface area (Å²) in [6.45, 7) is 9.40. The predicted molar refractivity (Wildman–Crippen MR) is 139 cm³/mol. The van der Waals surface area contributed by atoms with Gasteiger partial charge in [-0.15, -0.1) is 11.8 Å². The molecule has 1 atom stereocenters. The highest BCUT2D eigenvalue weighted by atomic mass is 32.2. The van der Waals surface area contributed by atoms with Crippen LogP contribution in [0.3, 0.4) is 0 Å². The number of esters is 1. The van der Waals surface area contributed by atoms with Crippen LogP contribution in [0.1, 0.15) is 33.5 Å². The number of benzene rings is 2. The van der Waals surface area contributed by atoms with Crippen molar-refractivity contribution in [2.75, 3.05) is 18.5 Å². The van der Waals surface area contributed by atoms with Gasteiger partial charge in [0.25, 0.3) is 5.56 Å². The quantitative estimate of drug-likeness (QED) is 0.299. The van der Waals surface area contributed by atoms with Crippen molar-refractivity contribution >= 4 is 23.4 Å². The number of thioether (sulfide) groups is 1. The lowest BCUT2D eigenvalue weighted by Gasteiger charge is -2.18. The Hall–Kier alpha value is -3.06. The molecule has 3 rings (SSSR count). The second-order valence-corrected chi connectivity index (χ2v) is 9.47. The van der Waals surface area contributed by atoms with Gasteiger partial charge in [-0.25, -0.2) is 4.98 Å². The molecule has 7 heteroatoms. The first-order chi connectivity index (χ1) is 16.4. The number of hydrogen-bond donors (Lipinski definition) is 1. The van der Waals surface area contributed by atoms with Crippen molar-refractivity contribution < 1.29 is 9.53 Å². The van der Waals surface area contributed by atoms with Crippen LogP contribution in [-0.2, 0) is 22.5 Å². The van der Waals surface area contributed by atoms with Crippen LogP contribution in [0.2, 0.25) is 0 Å². The minimum absolute atomic E-state index is 0.0436. The van der Waals surface area contributed by atoms with Crippen molar-refractivity contribution in [2.45, 2.75) is 50.8 Å². The Bertz CT molecular complexity index is 1130. The molecule has 0 saturated heterocycles. The van der Waals surface area contributed by atoms with Gasteiger partial charge in [-0.1, -0.05) is 51.1 Å². The SMILES string of the molecule is CCOC(=O)[C@H](Sc1ccc(NCCn2c(CC)nc(-c3ccccc3)cc2=O)cc1)C(C)C. The smallest absolute Gasteiger partial charge is 0.319 e. The van der Waals surface area contributed by atoms with Crippen molar-refractivity contribution in [1.82, 2.24) is 9.55 Å². The van der Waals surface area contributed by atoms with E-state index < -0.39 is 0 Å². The Balaban J connectivity index is 1.62.